The molecular weight excluding hydrogens is 270 g/mol. The van der Waals surface area contributed by atoms with Crippen molar-refractivity contribution < 1.29 is 4.92 Å². The van der Waals surface area contributed by atoms with Gasteiger partial charge < -0.3 is 5.32 Å². The number of hydrogen-bond donors (Lipinski definition) is 1. The molecule has 0 aliphatic carbocycles. The summed E-state index contributed by atoms with van der Waals surface area (Å²) in [6.07, 6.45) is 0. The van der Waals surface area contributed by atoms with Crippen molar-refractivity contribution in [3.63, 3.8) is 0 Å². The van der Waals surface area contributed by atoms with Gasteiger partial charge in [-0.1, -0.05) is 11.6 Å². The SMILES string of the molecule is O=Nc1ccc(Nc2ccc(Cl)c([N+](=O)[O-])c2)cc1. The molecule has 0 aliphatic heterocycles. The minimum Gasteiger partial charge on any atom is -0.355 e. The molecule has 0 radical (unpaired) electrons. The molecule has 0 spiro atoms. The number of anilines is 2. The van der Waals surface area contributed by atoms with Gasteiger partial charge in [0.25, 0.3) is 5.69 Å². The molecule has 0 saturated heterocycles. The Hall–Kier alpha value is -2.47. The average molecular weight is 278 g/mol. The minimum atomic E-state index is -0.549. The van der Waals surface area contributed by atoms with Gasteiger partial charge in [0.1, 0.15) is 10.7 Å². The Morgan fingerprint density at radius 1 is 1.11 bits per heavy atom. The molecule has 2 aromatic carbocycles. The summed E-state index contributed by atoms with van der Waals surface area (Å²) in [5.74, 6) is 0. The summed E-state index contributed by atoms with van der Waals surface area (Å²) in [4.78, 5) is 20.5. The van der Waals surface area contributed by atoms with Crippen LogP contribution in [-0.2, 0) is 0 Å². The van der Waals surface area contributed by atoms with Crippen molar-refractivity contribution in [3.05, 3.63) is 62.5 Å². The molecule has 0 bridgehead atoms. The van der Waals surface area contributed by atoms with E-state index in [2.05, 4.69) is 10.5 Å². The lowest BCUT2D eigenvalue weighted by molar-refractivity contribution is -0.384. The summed E-state index contributed by atoms with van der Waals surface area (Å²) >= 11 is 5.72. The molecule has 0 amide bonds. The van der Waals surface area contributed by atoms with E-state index in [4.69, 9.17) is 11.6 Å². The number of rotatable bonds is 4. The predicted octanol–water partition coefficient (Wildman–Crippen LogP) is 4.39. The van der Waals surface area contributed by atoms with Crippen LogP contribution in [0.4, 0.5) is 22.7 Å². The number of nitro benzene ring substituents is 1. The predicted molar refractivity (Wildman–Crippen MR) is 73.3 cm³/mol. The first-order chi connectivity index (χ1) is 9.10. The highest BCUT2D eigenvalue weighted by atomic mass is 35.5. The first kappa shape index (κ1) is 13.0. The zero-order valence-electron chi connectivity index (χ0n) is 9.54. The largest absolute Gasteiger partial charge is 0.355 e. The second-order valence-corrected chi connectivity index (χ2v) is 4.09. The zero-order valence-corrected chi connectivity index (χ0v) is 10.3. The number of nitrogens with zero attached hydrogens (tertiary/aromatic N) is 2. The second kappa shape index (κ2) is 5.45. The van der Waals surface area contributed by atoms with Gasteiger partial charge in [0.2, 0.25) is 0 Å². The molecule has 19 heavy (non-hydrogen) atoms. The van der Waals surface area contributed by atoms with Crippen LogP contribution in [0.5, 0.6) is 0 Å². The number of nitrogens with one attached hydrogen (secondary N) is 1. The van der Waals surface area contributed by atoms with Gasteiger partial charge in [0.05, 0.1) is 4.92 Å². The summed E-state index contributed by atoms with van der Waals surface area (Å²) in [6.45, 7) is 0. The summed E-state index contributed by atoms with van der Waals surface area (Å²) in [5.41, 5.74) is 1.36. The highest BCUT2D eigenvalue weighted by Crippen LogP contribution is 2.29. The Morgan fingerprint density at radius 3 is 2.32 bits per heavy atom. The summed E-state index contributed by atoms with van der Waals surface area (Å²) in [5, 5.41) is 16.6. The van der Waals surface area contributed by atoms with Gasteiger partial charge in [-0.3, -0.25) is 10.1 Å². The maximum absolute atomic E-state index is 10.8. The molecule has 96 valence electrons. The summed E-state index contributed by atoms with van der Waals surface area (Å²) in [7, 11) is 0. The van der Waals surface area contributed by atoms with Crippen molar-refractivity contribution in [2.24, 2.45) is 5.18 Å². The fraction of sp³-hybridized carbons (Fsp3) is 0. The molecule has 0 aliphatic rings. The lowest BCUT2D eigenvalue weighted by Gasteiger charge is -2.06. The van der Waals surface area contributed by atoms with Gasteiger partial charge in [-0.05, 0) is 41.6 Å². The first-order valence-electron chi connectivity index (χ1n) is 5.24. The smallest absolute Gasteiger partial charge is 0.289 e. The van der Waals surface area contributed by atoms with E-state index in [9.17, 15) is 15.0 Å². The Labute approximate surface area is 113 Å². The van der Waals surface area contributed by atoms with Gasteiger partial charge in [-0.2, -0.15) is 0 Å². The Morgan fingerprint density at radius 2 is 1.74 bits per heavy atom. The number of hydrogen-bond acceptors (Lipinski definition) is 5. The summed E-state index contributed by atoms with van der Waals surface area (Å²) < 4.78 is 0. The monoisotopic (exact) mass is 277 g/mol. The van der Waals surface area contributed by atoms with Crippen LogP contribution in [0.3, 0.4) is 0 Å². The number of nitro groups is 1. The summed E-state index contributed by atoms with van der Waals surface area (Å²) in [6, 6.07) is 10.8. The Bertz CT molecular complexity index is 629. The molecule has 0 atom stereocenters. The maximum atomic E-state index is 10.8. The van der Waals surface area contributed by atoms with Crippen molar-refractivity contribution in [1.29, 1.82) is 0 Å². The van der Waals surface area contributed by atoms with Crippen molar-refractivity contribution >= 4 is 34.4 Å². The van der Waals surface area contributed by atoms with Gasteiger partial charge in [-0.15, -0.1) is 4.91 Å². The van der Waals surface area contributed by atoms with Crippen LogP contribution >= 0.6 is 11.6 Å². The fourth-order valence-electron chi connectivity index (χ4n) is 1.50. The van der Waals surface area contributed by atoms with E-state index in [1.54, 1.807) is 30.3 Å². The zero-order chi connectivity index (χ0) is 13.8. The minimum absolute atomic E-state index is 0.0797. The molecule has 0 saturated carbocycles. The molecule has 0 heterocycles. The first-order valence-corrected chi connectivity index (χ1v) is 5.62. The average Bonchev–Trinajstić information content (AvgIpc) is 2.41. The number of halogens is 1. The molecule has 0 unspecified atom stereocenters. The van der Waals surface area contributed by atoms with E-state index in [1.807, 2.05) is 0 Å². The van der Waals surface area contributed by atoms with Crippen molar-refractivity contribution in [2.45, 2.75) is 0 Å². The van der Waals surface area contributed by atoms with Crippen molar-refractivity contribution in [1.82, 2.24) is 0 Å². The lowest BCUT2D eigenvalue weighted by atomic mass is 10.2. The van der Waals surface area contributed by atoms with Gasteiger partial charge in [-0.25, -0.2) is 0 Å². The van der Waals surface area contributed by atoms with Crippen LogP contribution in [0.2, 0.25) is 5.02 Å². The van der Waals surface area contributed by atoms with Crippen LogP contribution in [0.25, 0.3) is 0 Å². The second-order valence-electron chi connectivity index (χ2n) is 3.69. The van der Waals surface area contributed by atoms with Crippen LogP contribution in [0.1, 0.15) is 0 Å². The molecule has 7 heteroatoms. The molecule has 6 nitrogen and oxygen atoms in total. The van der Waals surface area contributed by atoms with E-state index < -0.39 is 4.92 Å². The van der Waals surface area contributed by atoms with Crippen LogP contribution in [-0.4, -0.2) is 4.92 Å². The molecule has 2 aromatic rings. The quantitative estimate of drug-likeness (QED) is 0.510. The Kier molecular flexibility index (Phi) is 3.72. The van der Waals surface area contributed by atoms with E-state index in [0.717, 1.165) is 0 Å². The standard InChI is InChI=1S/C12H8ClN3O3/c13-11-6-5-10(7-12(11)16(18)19)14-8-1-3-9(15-17)4-2-8/h1-7,14H. The topological polar surface area (TPSA) is 84.6 Å². The van der Waals surface area contributed by atoms with Crippen molar-refractivity contribution in [2.75, 3.05) is 5.32 Å². The van der Waals surface area contributed by atoms with E-state index >= 15 is 0 Å². The third-order valence-corrected chi connectivity index (χ3v) is 2.72. The molecule has 1 N–H and O–H groups in total. The maximum Gasteiger partial charge on any atom is 0.289 e. The van der Waals surface area contributed by atoms with Crippen LogP contribution < -0.4 is 5.32 Å². The van der Waals surface area contributed by atoms with Crippen LogP contribution in [0, 0.1) is 15.0 Å². The molecule has 0 aromatic heterocycles. The lowest BCUT2D eigenvalue weighted by Crippen LogP contribution is -1.93. The van der Waals surface area contributed by atoms with E-state index in [0.29, 0.717) is 17.1 Å². The van der Waals surface area contributed by atoms with Gasteiger partial charge >= 0.3 is 0 Å². The normalized spacial score (nSPS) is 9.95. The highest BCUT2D eigenvalue weighted by molar-refractivity contribution is 6.32. The van der Waals surface area contributed by atoms with Gasteiger partial charge in [0.15, 0.2) is 0 Å². The fourth-order valence-corrected chi connectivity index (χ4v) is 1.69. The number of nitroso groups, excluding NO2 is 1. The molecule has 0 fully saturated rings. The van der Waals surface area contributed by atoms with Gasteiger partial charge in [0, 0.05) is 17.4 Å². The Balaban J connectivity index is 2.25. The molecular formula is C12H8ClN3O3. The van der Waals surface area contributed by atoms with E-state index in [1.165, 1.54) is 12.1 Å². The third-order valence-electron chi connectivity index (χ3n) is 2.40. The van der Waals surface area contributed by atoms with Crippen molar-refractivity contribution in [3.8, 4) is 0 Å². The number of benzene rings is 2. The van der Waals surface area contributed by atoms with Crippen LogP contribution in [0.15, 0.2) is 47.6 Å². The third kappa shape index (κ3) is 3.05. The molecule has 2 rings (SSSR count). The highest BCUT2D eigenvalue weighted by Gasteiger charge is 2.12. The van der Waals surface area contributed by atoms with E-state index in [-0.39, 0.29) is 10.7 Å².